The van der Waals surface area contributed by atoms with Gasteiger partial charge in [-0.25, -0.2) is 0 Å². The molecule has 0 spiro atoms. The molecule has 0 aromatic rings. The second kappa shape index (κ2) is 21.9. The van der Waals surface area contributed by atoms with Crippen LogP contribution in [0.2, 0.25) is 0 Å². The molecule has 0 amide bonds. The fourth-order valence-corrected chi connectivity index (χ4v) is 0. The Bertz CT molecular complexity index is 3.25. The zero-order valence-electron chi connectivity index (χ0n) is 1.91. The van der Waals surface area contributed by atoms with Crippen molar-refractivity contribution in [2.24, 2.45) is 0 Å². The van der Waals surface area contributed by atoms with Gasteiger partial charge in [0.15, 0.2) is 0 Å². The molecule has 0 aliphatic carbocycles. The molecular weight excluding hydrogens is 192 g/mol. The van der Waals surface area contributed by atoms with E-state index in [9.17, 15) is 0 Å². The van der Waals surface area contributed by atoms with Crippen LogP contribution < -0.4 is 0 Å². The molecule has 0 aliphatic rings. The van der Waals surface area contributed by atoms with E-state index in [-0.39, 0.29) is 61.6 Å². The van der Waals surface area contributed by atoms with Crippen LogP contribution in [-0.2, 0) is 21.1 Å². The number of hydrogen-bond acceptors (Lipinski definition) is 0. The van der Waals surface area contributed by atoms with Gasteiger partial charge in [0.25, 0.3) is 0 Å². The zero-order valence-corrected chi connectivity index (χ0v) is 6.92. The Morgan fingerprint density at radius 1 is 0.500 bits per heavy atom. The molecule has 0 rings (SSSR count). The van der Waals surface area contributed by atoms with Gasteiger partial charge in [-0.1, -0.05) is 0 Å². The third-order valence-corrected chi connectivity index (χ3v) is 0. The van der Waals surface area contributed by atoms with Crippen LogP contribution in [0.4, 0.5) is 0 Å². The summed E-state index contributed by atoms with van der Waals surface area (Å²) in [4.78, 5) is 0. The fraction of sp³-hybridized carbons (Fsp3) is 0. The van der Waals surface area contributed by atoms with Gasteiger partial charge in [-0.05, 0) is 0 Å². The average molecular weight is 198 g/mol. The molecule has 0 aromatic heterocycles. The first kappa shape index (κ1) is 42.6. The Balaban J connectivity index is 0. The first-order valence-corrected chi connectivity index (χ1v) is 0. The van der Waals surface area contributed by atoms with Crippen LogP contribution >= 0.6 is 40.5 Å². The standard InChI is InChI=1S/Mo.3H2S/h;3*1H2. The van der Waals surface area contributed by atoms with Gasteiger partial charge in [0.1, 0.15) is 0 Å². The van der Waals surface area contributed by atoms with Gasteiger partial charge in [0, 0.05) is 21.1 Å². The second-order valence-electron chi connectivity index (χ2n) is 0. The summed E-state index contributed by atoms with van der Waals surface area (Å²) in [5.74, 6) is 0. The molecule has 0 saturated heterocycles. The van der Waals surface area contributed by atoms with Crippen LogP contribution in [0.25, 0.3) is 0 Å². The SMILES string of the molecule is S.S.S.[Mo]. The molecule has 0 saturated carbocycles. The van der Waals surface area contributed by atoms with Gasteiger partial charge in [-0.3, -0.25) is 0 Å². The Morgan fingerprint density at radius 3 is 0.500 bits per heavy atom. The predicted molar refractivity (Wildman–Crippen MR) is 31.1 cm³/mol. The van der Waals surface area contributed by atoms with Gasteiger partial charge in [-0.15, -0.1) is 0 Å². The fourth-order valence-electron chi connectivity index (χ4n) is 0. The summed E-state index contributed by atoms with van der Waals surface area (Å²) in [7, 11) is 0. The summed E-state index contributed by atoms with van der Waals surface area (Å²) >= 11 is 0. The van der Waals surface area contributed by atoms with Gasteiger partial charge in [0.05, 0.1) is 0 Å². The summed E-state index contributed by atoms with van der Waals surface area (Å²) in [6, 6.07) is 0. The molecule has 4 heteroatoms. The van der Waals surface area contributed by atoms with Crippen LogP contribution in [0.3, 0.4) is 0 Å². The molecule has 4 heavy (non-hydrogen) atoms. The molecule has 0 aromatic carbocycles. The predicted octanol–water partition coefficient (Wildman–Crippen LogP) is 0.336. The molecule has 0 fully saturated rings. The molecule has 0 unspecified atom stereocenters. The van der Waals surface area contributed by atoms with Crippen molar-refractivity contribution in [2.45, 2.75) is 0 Å². The summed E-state index contributed by atoms with van der Waals surface area (Å²) in [5, 5.41) is 0. The molecule has 30 valence electrons. The molecule has 0 bridgehead atoms. The number of rotatable bonds is 0. The zero-order chi connectivity index (χ0) is 0. The second-order valence-corrected chi connectivity index (χ2v) is 0. The summed E-state index contributed by atoms with van der Waals surface area (Å²) < 4.78 is 0. The van der Waals surface area contributed by atoms with Crippen LogP contribution in [0.5, 0.6) is 0 Å². The maximum atomic E-state index is 0. The van der Waals surface area contributed by atoms with Crippen molar-refractivity contribution in [1.82, 2.24) is 0 Å². The summed E-state index contributed by atoms with van der Waals surface area (Å²) in [5.41, 5.74) is 0. The van der Waals surface area contributed by atoms with Crippen LogP contribution in [-0.4, -0.2) is 0 Å². The summed E-state index contributed by atoms with van der Waals surface area (Å²) in [6.45, 7) is 0. The summed E-state index contributed by atoms with van der Waals surface area (Å²) in [6.07, 6.45) is 0. The maximum Gasteiger partial charge on any atom is 0 e. The minimum atomic E-state index is 0. The van der Waals surface area contributed by atoms with Crippen molar-refractivity contribution in [3.63, 3.8) is 0 Å². The minimum Gasteiger partial charge on any atom is -0.197 e. The quantitative estimate of drug-likeness (QED) is 0.492. The monoisotopic (exact) mass is 200 g/mol. The first-order valence-electron chi connectivity index (χ1n) is 0. The van der Waals surface area contributed by atoms with E-state index in [2.05, 4.69) is 0 Å². The van der Waals surface area contributed by atoms with Crippen molar-refractivity contribution in [1.29, 1.82) is 0 Å². The molecule has 0 radical (unpaired) electrons. The van der Waals surface area contributed by atoms with E-state index in [4.69, 9.17) is 0 Å². The van der Waals surface area contributed by atoms with E-state index in [0.29, 0.717) is 0 Å². The van der Waals surface area contributed by atoms with Gasteiger partial charge in [0.2, 0.25) is 0 Å². The molecule has 0 aliphatic heterocycles. The average Bonchev–Trinajstić information content (AvgIpc) is 0. The molecule has 0 nitrogen and oxygen atoms in total. The molecule has 0 heterocycles. The van der Waals surface area contributed by atoms with E-state index in [1.165, 1.54) is 0 Å². The van der Waals surface area contributed by atoms with E-state index in [0.717, 1.165) is 0 Å². The third kappa shape index (κ3) is 9.28. The maximum absolute atomic E-state index is 0. The molecule has 0 N–H and O–H groups in total. The van der Waals surface area contributed by atoms with Crippen molar-refractivity contribution >= 4 is 40.5 Å². The molecular formula is H6MoS3. The van der Waals surface area contributed by atoms with E-state index in [1.807, 2.05) is 0 Å². The smallest absolute Gasteiger partial charge is 0 e. The topological polar surface area (TPSA) is 0 Å². The largest absolute Gasteiger partial charge is 0.197 e. The van der Waals surface area contributed by atoms with Gasteiger partial charge >= 0.3 is 0 Å². The Morgan fingerprint density at radius 2 is 0.500 bits per heavy atom. The Labute approximate surface area is 61.3 Å². The van der Waals surface area contributed by atoms with E-state index in [1.54, 1.807) is 0 Å². The number of hydrogen-bond donors (Lipinski definition) is 0. The van der Waals surface area contributed by atoms with E-state index >= 15 is 0 Å². The van der Waals surface area contributed by atoms with Gasteiger partial charge < -0.3 is 0 Å². The van der Waals surface area contributed by atoms with Crippen LogP contribution in [0, 0.1) is 0 Å². The van der Waals surface area contributed by atoms with Crippen molar-refractivity contribution in [2.75, 3.05) is 0 Å². The van der Waals surface area contributed by atoms with Crippen molar-refractivity contribution in [3.05, 3.63) is 0 Å². The third-order valence-electron chi connectivity index (χ3n) is 0. The van der Waals surface area contributed by atoms with Crippen LogP contribution in [0.15, 0.2) is 0 Å². The van der Waals surface area contributed by atoms with Crippen molar-refractivity contribution < 1.29 is 21.1 Å². The van der Waals surface area contributed by atoms with Gasteiger partial charge in [-0.2, -0.15) is 40.5 Å². The minimum absolute atomic E-state index is 0. The Kier molecular flexibility index (Phi) is 234. The van der Waals surface area contributed by atoms with E-state index < -0.39 is 0 Å². The Hall–Kier alpha value is 1.74. The molecule has 0 atom stereocenters. The normalized spacial score (nSPS) is 0. The first-order chi connectivity index (χ1) is 0. The van der Waals surface area contributed by atoms with Crippen molar-refractivity contribution in [3.8, 4) is 0 Å². The van der Waals surface area contributed by atoms with Crippen LogP contribution in [0.1, 0.15) is 0 Å².